The zero-order valence-electron chi connectivity index (χ0n) is 19.5. The topological polar surface area (TPSA) is 94.6 Å². The van der Waals surface area contributed by atoms with Crippen LogP contribution in [0, 0.1) is 0 Å². The van der Waals surface area contributed by atoms with E-state index in [0.717, 1.165) is 12.0 Å². The Labute approximate surface area is 215 Å². The van der Waals surface area contributed by atoms with Crippen molar-refractivity contribution in [2.45, 2.75) is 39.0 Å². The minimum Gasteiger partial charge on any atom is -0.387 e. The van der Waals surface area contributed by atoms with Crippen LogP contribution in [0.2, 0.25) is 10.0 Å². The molecule has 0 fully saturated rings. The largest absolute Gasteiger partial charge is 0.387 e. The number of carbonyl (C=O) groups excluding carboxylic acids is 2. The Hall–Kier alpha value is -3.13. The summed E-state index contributed by atoms with van der Waals surface area (Å²) in [6.45, 7) is 4.34. The molecule has 2 atom stereocenters. The number of amides is 3. The van der Waals surface area contributed by atoms with Crippen molar-refractivity contribution in [3.05, 3.63) is 93.7 Å². The van der Waals surface area contributed by atoms with Crippen LogP contribution >= 0.6 is 23.2 Å². The maximum absolute atomic E-state index is 13.1. The van der Waals surface area contributed by atoms with Crippen molar-refractivity contribution < 1.29 is 14.7 Å². The second kappa shape index (κ2) is 12.5. The number of anilines is 1. The monoisotopic (exact) mass is 514 g/mol. The lowest BCUT2D eigenvalue weighted by Crippen LogP contribution is -2.43. The molecular formula is C26H28Cl2N4O3. The normalized spacial score (nSPS) is 12.5. The van der Waals surface area contributed by atoms with Gasteiger partial charge in [-0.25, -0.2) is 4.79 Å². The number of urea groups is 1. The van der Waals surface area contributed by atoms with Crippen LogP contribution in [-0.4, -0.2) is 39.5 Å². The van der Waals surface area contributed by atoms with Crippen molar-refractivity contribution in [1.29, 1.82) is 0 Å². The molecule has 0 spiro atoms. The molecule has 0 bridgehead atoms. The molecule has 3 rings (SSSR count). The molecule has 0 aliphatic heterocycles. The third-order valence-electron chi connectivity index (χ3n) is 5.66. The molecule has 3 N–H and O–H groups in total. The fourth-order valence-electron chi connectivity index (χ4n) is 3.38. The van der Waals surface area contributed by atoms with Gasteiger partial charge in [0.15, 0.2) is 0 Å². The highest BCUT2D eigenvalue weighted by Gasteiger charge is 2.23. The number of hydrogen-bond donors (Lipinski definition) is 3. The number of rotatable bonds is 9. The quantitative estimate of drug-likeness (QED) is 0.342. The number of benzene rings is 2. The lowest BCUT2D eigenvalue weighted by Gasteiger charge is -2.31. The number of halogens is 2. The van der Waals surface area contributed by atoms with Crippen LogP contribution in [0.1, 0.15) is 47.9 Å². The van der Waals surface area contributed by atoms with Crippen LogP contribution < -0.4 is 10.6 Å². The highest BCUT2D eigenvalue weighted by molar-refractivity contribution is 6.42. The van der Waals surface area contributed by atoms with E-state index in [4.69, 9.17) is 23.2 Å². The van der Waals surface area contributed by atoms with Gasteiger partial charge in [0.1, 0.15) is 0 Å². The number of aromatic nitrogens is 1. The summed E-state index contributed by atoms with van der Waals surface area (Å²) in [5.41, 5.74) is 2.56. The molecule has 9 heteroatoms. The molecule has 35 heavy (non-hydrogen) atoms. The van der Waals surface area contributed by atoms with Gasteiger partial charge in [-0.2, -0.15) is 0 Å². The molecule has 0 saturated heterocycles. The van der Waals surface area contributed by atoms with E-state index in [1.807, 2.05) is 26.0 Å². The SMILES string of the molecule is CC[C@@H](C)N(C[C@@H](O)c1ccc(Cl)c(Cl)c1)C(=O)Nc1ccc(CNC(=O)c2cccnc2)cc1. The van der Waals surface area contributed by atoms with E-state index in [1.165, 1.54) is 6.20 Å². The van der Waals surface area contributed by atoms with Crippen molar-refractivity contribution in [3.8, 4) is 0 Å². The highest BCUT2D eigenvalue weighted by Crippen LogP contribution is 2.26. The fraction of sp³-hybridized carbons (Fsp3) is 0.269. The molecule has 2 aromatic carbocycles. The van der Waals surface area contributed by atoms with Gasteiger partial charge in [0.05, 0.1) is 28.3 Å². The van der Waals surface area contributed by atoms with Gasteiger partial charge in [0.2, 0.25) is 0 Å². The van der Waals surface area contributed by atoms with Crippen molar-refractivity contribution in [2.24, 2.45) is 0 Å². The van der Waals surface area contributed by atoms with Crippen LogP contribution in [0.15, 0.2) is 67.0 Å². The van der Waals surface area contributed by atoms with E-state index in [9.17, 15) is 14.7 Å². The first kappa shape index (κ1) is 26.5. The highest BCUT2D eigenvalue weighted by atomic mass is 35.5. The average molecular weight is 515 g/mol. The average Bonchev–Trinajstić information content (AvgIpc) is 2.88. The second-order valence-corrected chi connectivity index (χ2v) is 8.96. The summed E-state index contributed by atoms with van der Waals surface area (Å²) in [5.74, 6) is -0.208. The molecule has 184 valence electrons. The van der Waals surface area contributed by atoms with Gasteiger partial charge in [-0.15, -0.1) is 0 Å². The van der Waals surface area contributed by atoms with Crippen LogP contribution in [0.3, 0.4) is 0 Å². The number of aliphatic hydroxyl groups excluding tert-OH is 1. The number of aliphatic hydroxyl groups is 1. The summed E-state index contributed by atoms with van der Waals surface area (Å²) in [6.07, 6.45) is 2.92. The van der Waals surface area contributed by atoms with Crippen molar-refractivity contribution in [1.82, 2.24) is 15.2 Å². The molecule has 3 amide bonds. The van der Waals surface area contributed by atoms with E-state index in [1.54, 1.807) is 53.6 Å². The molecule has 7 nitrogen and oxygen atoms in total. The summed E-state index contributed by atoms with van der Waals surface area (Å²) in [4.78, 5) is 30.8. The summed E-state index contributed by atoms with van der Waals surface area (Å²) >= 11 is 12.0. The molecule has 1 heterocycles. The smallest absolute Gasteiger partial charge is 0.322 e. The number of nitrogens with zero attached hydrogens (tertiary/aromatic N) is 2. The Bertz CT molecular complexity index is 1140. The summed E-state index contributed by atoms with van der Waals surface area (Å²) < 4.78 is 0. The molecule has 1 aromatic heterocycles. The van der Waals surface area contributed by atoms with Crippen LogP contribution in [0.5, 0.6) is 0 Å². The number of hydrogen-bond acceptors (Lipinski definition) is 4. The lowest BCUT2D eigenvalue weighted by molar-refractivity contribution is 0.0950. The minimum absolute atomic E-state index is 0.0945. The van der Waals surface area contributed by atoms with Gasteiger partial charge in [-0.1, -0.05) is 48.3 Å². The first-order chi connectivity index (χ1) is 16.8. The van der Waals surface area contributed by atoms with Gasteiger partial charge in [-0.3, -0.25) is 9.78 Å². The molecule has 0 aliphatic carbocycles. The second-order valence-electron chi connectivity index (χ2n) is 8.15. The van der Waals surface area contributed by atoms with Crippen molar-refractivity contribution in [3.63, 3.8) is 0 Å². The predicted octanol–water partition coefficient (Wildman–Crippen LogP) is 5.68. The maximum Gasteiger partial charge on any atom is 0.322 e. The molecule has 0 unspecified atom stereocenters. The standard InChI is InChI=1S/C26H28Cl2N4O3/c1-3-17(2)32(16-24(33)19-8-11-22(27)23(28)13-19)26(35)31-21-9-6-18(7-10-21)14-30-25(34)20-5-4-12-29-15-20/h4-13,15,17,24,33H,3,14,16H2,1-2H3,(H,30,34)(H,31,35)/t17-,24-/m1/s1. The lowest BCUT2D eigenvalue weighted by atomic mass is 10.1. The van der Waals surface area contributed by atoms with E-state index in [0.29, 0.717) is 33.4 Å². The Balaban J connectivity index is 1.60. The first-order valence-electron chi connectivity index (χ1n) is 11.3. The fourth-order valence-corrected chi connectivity index (χ4v) is 3.68. The van der Waals surface area contributed by atoms with Gasteiger partial charge in [0, 0.05) is 30.7 Å². The predicted molar refractivity (Wildman–Crippen MR) is 139 cm³/mol. The van der Waals surface area contributed by atoms with Crippen molar-refractivity contribution in [2.75, 3.05) is 11.9 Å². The van der Waals surface area contributed by atoms with Crippen LogP contribution in [0.25, 0.3) is 0 Å². The molecule has 0 saturated carbocycles. The Kier molecular flexibility index (Phi) is 9.48. The minimum atomic E-state index is -0.921. The van der Waals surface area contributed by atoms with Crippen molar-refractivity contribution >= 4 is 40.8 Å². The van der Waals surface area contributed by atoms with E-state index >= 15 is 0 Å². The zero-order valence-corrected chi connectivity index (χ0v) is 21.1. The van der Waals surface area contributed by atoms with Gasteiger partial charge < -0.3 is 20.6 Å². The van der Waals surface area contributed by atoms with Crippen LogP contribution in [0.4, 0.5) is 10.5 Å². The van der Waals surface area contributed by atoms with Gasteiger partial charge >= 0.3 is 6.03 Å². The first-order valence-corrected chi connectivity index (χ1v) is 12.0. The van der Waals surface area contributed by atoms with E-state index < -0.39 is 6.10 Å². The summed E-state index contributed by atoms with van der Waals surface area (Å²) in [6, 6.07) is 15.1. The van der Waals surface area contributed by atoms with E-state index in [-0.39, 0.29) is 24.5 Å². The Morgan fingerprint density at radius 2 is 1.83 bits per heavy atom. The summed E-state index contributed by atoms with van der Waals surface area (Å²) in [7, 11) is 0. The summed E-state index contributed by atoms with van der Waals surface area (Å²) in [5, 5.41) is 17.2. The Morgan fingerprint density at radius 3 is 2.46 bits per heavy atom. The third kappa shape index (κ3) is 7.42. The molecule has 0 aliphatic rings. The molecular weight excluding hydrogens is 487 g/mol. The third-order valence-corrected chi connectivity index (χ3v) is 6.40. The van der Waals surface area contributed by atoms with Crippen LogP contribution in [-0.2, 0) is 6.54 Å². The zero-order chi connectivity index (χ0) is 25.4. The number of carbonyl (C=O) groups is 2. The molecule has 0 radical (unpaired) electrons. The maximum atomic E-state index is 13.1. The van der Waals surface area contributed by atoms with Gasteiger partial charge in [0.25, 0.3) is 5.91 Å². The number of nitrogens with one attached hydrogen (secondary N) is 2. The Morgan fingerprint density at radius 1 is 1.09 bits per heavy atom. The number of pyridine rings is 1. The van der Waals surface area contributed by atoms with Gasteiger partial charge in [-0.05, 0) is 60.9 Å². The molecule has 3 aromatic rings. The van der Waals surface area contributed by atoms with E-state index in [2.05, 4.69) is 15.6 Å².